The van der Waals surface area contributed by atoms with E-state index in [9.17, 15) is 22.8 Å². The molecule has 0 aromatic heterocycles. The lowest BCUT2D eigenvalue weighted by atomic mass is 9.79. The highest BCUT2D eigenvalue weighted by molar-refractivity contribution is 5.99. The first-order valence-electron chi connectivity index (χ1n) is 5.59. The van der Waals surface area contributed by atoms with Crippen LogP contribution in [0.3, 0.4) is 0 Å². The number of ether oxygens (including phenoxy) is 1. The maximum atomic E-state index is 12.9. The molecule has 1 aliphatic carbocycles. The van der Waals surface area contributed by atoms with Crippen LogP contribution in [-0.4, -0.2) is 24.5 Å². The molecule has 0 saturated heterocycles. The summed E-state index contributed by atoms with van der Waals surface area (Å²) in [7, 11) is 0. The molecule has 1 aliphatic rings. The van der Waals surface area contributed by atoms with Crippen LogP contribution < -0.4 is 0 Å². The van der Waals surface area contributed by atoms with Crippen molar-refractivity contribution >= 4 is 11.8 Å². The van der Waals surface area contributed by atoms with Crippen molar-refractivity contribution in [2.24, 2.45) is 5.41 Å². The largest absolute Gasteiger partial charge is 0.466 e. The number of alkyl halides is 3. The molecule has 1 rings (SSSR count). The normalized spacial score (nSPS) is 19.1. The van der Waals surface area contributed by atoms with Crippen molar-refractivity contribution < 1.29 is 27.5 Å². The van der Waals surface area contributed by atoms with Crippen molar-refractivity contribution in [1.29, 1.82) is 0 Å². The minimum atomic E-state index is -4.58. The zero-order valence-electron chi connectivity index (χ0n) is 9.60. The summed E-state index contributed by atoms with van der Waals surface area (Å²) in [6.45, 7) is 1.60. The average Bonchev–Trinajstić information content (AvgIpc) is 2.66. The van der Waals surface area contributed by atoms with E-state index < -0.39 is 29.8 Å². The second-order valence-corrected chi connectivity index (χ2v) is 4.19. The maximum absolute atomic E-state index is 12.9. The first-order valence-corrected chi connectivity index (χ1v) is 5.59. The van der Waals surface area contributed by atoms with E-state index in [1.54, 1.807) is 0 Å². The van der Waals surface area contributed by atoms with Crippen LogP contribution >= 0.6 is 0 Å². The molecule has 0 atom stereocenters. The van der Waals surface area contributed by atoms with Crippen LogP contribution in [0.1, 0.15) is 39.0 Å². The molecule has 0 unspecified atom stereocenters. The number of halogens is 3. The Kier molecular flexibility index (Phi) is 4.16. The lowest BCUT2D eigenvalue weighted by Gasteiger charge is -2.29. The highest BCUT2D eigenvalue weighted by Crippen LogP contribution is 2.51. The van der Waals surface area contributed by atoms with Gasteiger partial charge >= 0.3 is 12.1 Å². The Morgan fingerprint density at radius 3 is 2.18 bits per heavy atom. The Labute approximate surface area is 97.3 Å². The van der Waals surface area contributed by atoms with Crippen molar-refractivity contribution in [1.82, 2.24) is 0 Å². The molecule has 0 radical (unpaired) electrons. The Balaban J connectivity index is 2.79. The molecule has 1 fully saturated rings. The number of carbonyl (C=O) groups excluding carboxylic acids is 2. The van der Waals surface area contributed by atoms with Gasteiger partial charge in [0.05, 0.1) is 6.61 Å². The average molecular weight is 252 g/mol. The number of esters is 1. The lowest BCUT2D eigenvalue weighted by Crippen LogP contribution is -2.43. The fraction of sp³-hybridized carbons (Fsp3) is 0.818. The van der Waals surface area contributed by atoms with E-state index in [1.165, 1.54) is 6.92 Å². The summed E-state index contributed by atoms with van der Waals surface area (Å²) in [6.07, 6.45) is -5.05. The third-order valence-corrected chi connectivity index (χ3v) is 3.14. The summed E-state index contributed by atoms with van der Waals surface area (Å²) >= 11 is 0. The summed E-state index contributed by atoms with van der Waals surface area (Å²) in [5, 5.41) is 0. The van der Waals surface area contributed by atoms with E-state index in [2.05, 4.69) is 4.74 Å². The maximum Gasteiger partial charge on any atom is 0.401 e. The van der Waals surface area contributed by atoms with Crippen LogP contribution in [0.15, 0.2) is 0 Å². The molecule has 0 heterocycles. The third kappa shape index (κ3) is 2.79. The zero-order chi connectivity index (χ0) is 13.1. The second-order valence-electron chi connectivity index (χ2n) is 4.19. The molecule has 0 N–H and O–H groups in total. The monoisotopic (exact) mass is 252 g/mol. The summed E-state index contributed by atoms with van der Waals surface area (Å²) in [6, 6.07) is 0. The van der Waals surface area contributed by atoms with Crippen LogP contribution in [0.5, 0.6) is 0 Å². The molecule has 0 aromatic rings. The van der Waals surface area contributed by atoms with Crippen molar-refractivity contribution in [3.05, 3.63) is 0 Å². The Morgan fingerprint density at radius 1 is 1.24 bits per heavy atom. The highest BCUT2D eigenvalue weighted by atomic mass is 19.4. The van der Waals surface area contributed by atoms with Gasteiger partial charge in [0.2, 0.25) is 0 Å². The molecule has 17 heavy (non-hydrogen) atoms. The number of Topliss-reactive ketones (excluding diaryl/α,β-unsaturated/α-hetero) is 1. The molecule has 6 heteroatoms. The number of hydrogen-bond donors (Lipinski definition) is 0. The molecule has 3 nitrogen and oxygen atoms in total. The number of carbonyl (C=O) groups is 2. The van der Waals surface area contributed by atoms with Gasteiger partial charge in [-0.05, 0) is 19.8 Å². The van der Waals surface area contributed by atoms with Crippen LogP contribution in [-0.2, 0) is 14.3 Å². The molecule has 0 bridgehead atoms. The van der Waals surface area contributed by atoms with Crippen LogP contribution in [0.2, 0.25) is 0 Å². The summed E-state index contributed by atoms with van der Waals surface area (Å²) in [5.41, 5.74) is -2.32. The standard InChI is InChI=1S/C11H15F3O3/c1-2-17-9(16)7-8(15)10(11(12,13)14)5-3-4-6-10/h2-7H2,1H3. The second kappa shape index (κ2) is 5.06. The number of ketones is 1. The van der Waals surface area contributed by atoms with E-state index in [4.69, 9.17) is 0 Å². The van der Waals surface area contributed by atoms with Gasteiger partial charge in [-0.2, -0.15) is 13.2 Å². The van der Waals surface area contributed by atoms with Gasteiger partial charge in [-0.15, -0.1) is 0 Å². The SMILES string of the molecule is CCOC(=O)CC(=O)C1(C(F)(F)F)CCCC1. The first kappa shape index (κ1) is 14.0. The molecule has 98 valence electrons. The summed E-state index contributed by atoms with van der Waals surface area (Å²) < 4.78 is 43.3. The van der Waals surface area contributed by atoms with E-state index in [0.29, 0.717) is 12.8 Å². The van der Waals surface area contributed by atoms with Crippen molar-refractivity contribution in [3.8, 4) is 0 Å². The van der Waals surface area contributed by atoms with Gasteiger partial charge in [-0.3, -0.25) is 9.59 Å². The molecular weight excluding hydrogens is 237 g/mol. The van der Waals surface area contributed by atoms with Gasteiger partial charge < -0.3 is 4.74 Å². The molecule has 0 spiro atoms. The van der Waals surface area contributed by atoms with Crippen LogP contribution in [0, 0.1) is 5.41 Å². The smallest absolute Gasteiger partial charge is 0.401 e. The summed E-state index contributed by atoms with van der Waals surface area (Å²) in [4.78, 5) is 22.7. The third-order valence-electron chi connectivity index (χ3n) is 3.14. The molecule has 0 amide bonds. The first-order chi connectivity index (χ1) is 7.83. The van der Waals surface area contributed by atoms with Gasteiger partial charge in [0, 0.05) is 0 Å². The fourth-order valence-electron chi connectivity index (χ4n) is 2.21. The summed E-state index contributed by atoms with van der Waals surface area (Å²) in [5.74, 6) is -1.94. The van der Waals surface area contributed by atoms with E-state index in [1.807, 2.05) is 0 Å². The Hall–Kier alpha value is -1.07. The highest BCUT2D eigenvalue weighted by Gasteiger charge is 2.60. The topological polar surface area (TPSA) is 43.4 Å². The zero-order valence-corrected chi connectivity index (χ0v) is 9.60. The van der Waals surface area contributed by atoms with Crippen molar-refractivity contribution in [2.75, 3.05) is 6.61 Å². The quantitative estimate of drug-likeness (QED) is 0.570. The van der Waals surface area contributed by atoms with Gasteiger partial charge in [-0.25, -0.2) is 0 Å². The predicted molar refractivity (Wildman–Crippen MR) is 53.2 cm³/mol. The van der Waals surface area contributed by atoms with Crippen LogP contribution in [0.25, 0.3) is 0 Å². The molecular formula is C11H15F3O3. The minimum absolute atomic E-state index is 0.0606. The Bertz CT molecular complexity index is 304. The van der Waals surface area contributed by atoms with Gasteiger partial charge in [-0.1, -0.05) is 12.8 Å². The van der Waals surface area contributed by atoms with E-state index >= 15 is 0 Å². The van der Waals surface area contributed by atoms with E-state index in [-0.39, 0.29) is 19.4 Å². The predicted octanol–water partition coefficient (Wildman–Crippen LogP) is 2.63. The lowest BCUT2D eigenvalue weighted by molar-refractivity contribution is -0.219. The molecule has 0 aliphatic heterocycles. The van der Waals surface area contributed by atoms with Crippen LogP contribution in [0.4, 0.5) is 13.2 Å². The van der Waals surface area contributed by atoms with Gasteiger partial charge in [0.1, 0.15) is 11.8 Å². The molecule has 1 saturated carbocycles. The van der Waals surface area contributed by atoms with Gasteiger partial charge in [0.25, 0.3) is 0 Å². The van der Waals surface area contributed by atoms with E-state index in [0.717, 1.165) is 0 Å². The van der Waals surface area contributed by atoms with Crippen molar-refractivity contribution in [2.45, 2.75) is 45.2 Å². The Morgan fingerprint density at radius 2 is 1.76 bits per heavy atom. The number of hydrogen-bond acceptors (Lipinski definition) is 3. The minimum Gasteiger partial charge on any atom is -0.466 e. The molecule has 0 aromatic carbocycles. The fourth-order valence-corrected chi connectivity index (χ4v) is 2.21. The van der Waals surface area contributed by atoms with Crippen molar-refractivity contribution in [3.63, 3.8) is 0 Å². The number of rotatable bonds is 4. The van der Waals surface area contributed by atoms with Gasteiger partial charge in [0.15, 0.2) is 5.78 Å².